The SMILES string of the molecule is NC(S)c1ccccc1F. The Balaban J connectivity index is 3.03. The molecule has 0 saturated heterocycles. The molecule has 2 N–H and O–H groups in total. The number of hydrogen-bond acceptors (Lipinski definition) is 2. The number of hydrogen-bond donors (Lipinski definition) is 2. The van der Waals surface area contributed by atoms with Crippen LogP contribution in [-0.2, 0) is 0 Å². The van der Waals surface area contributed by atoms with Crippen LogP contribution in [0.4, 0.5) is 4.39 Å². The highest BCUT2D eigenvalue weighted by atomic mass is 32.1. The fraction of sp³-hybridized carbons (Fsp3) is 0.143. The minimum Gasteiger partial charge on any atom is -0.316 e. The minimum atomic E-state index is -0.527. The molecule has 3 heteroatoms. The van der Waals surface area contributed by atoms with Crippen molar-refractivity contribution < 1.29 is 4.39 Å². The number of benzene rings is 1. The first-order valence-corrected chi connectivity index (χ1v) is 3.41. The van der Waals surface area contributed by atoms with Gasteiger partial charge in [-0.1, -0.05) is 18.2 Å². The van der Waals surface area contributed by atoms with Gasteiger partial charge >= 0.3 is 0 Å². The van der Waals surface area contributed by atoms with Gasteiger partial charge in [0.2, 0.25) is 0 Å². The van der Waals surface area contributed by atoms with Crippen LogP contribution in [0.2, 0.25) is 0 Å². The third kappa shape index (κ3) is 1.49. The average Bonchev–Trinajstić information content (AvgIpc) is 1.88. The van der Waals surface area contributed by atoms with Gasteiger partial charge in [0, 0.05) is 5.56 Å². The summed E-state index contributed by atoms with van der Waals surface area (Å²) >= 11 is 3.90. The van der Waals surface area contributed by atoms with Crippen molar-refractivity contribution in [1.29, 1.82) is 0 Å². The largest absolute Gasteiger partial charge is 0.316 e. The molecule has 0 aliphatic heterocycles. The third-order valence-corrected chi connectivity index (χ3v) is 1.50. The predicted molar refractivity (Wildman–Crippen MR) is 42.3 cm³/mol. The highest BCUT2D eigenvalue weighted by Gasteiger charge is 2.03. The molecule has 0 aliphatic rings. The maximum atomic E-state index is 12.7. The average molecular weight is 157 g/mol. The van der Waals surface area contributed by atoms with Gasteiger partial charge in [-0.3, -0.25) is 0 Å². The Morgan fingerprint density at radius 1 is 1.40 bits per heavy atom. The lowest BCUT2D eigenvalue weighted by Gasteiger charge is -2.03. The van der Waals surface area contributed by atoms with Crippen LogP contribution in [0.5, 0.6) is 0 Å². The second kappa shape index (κ2) is 3.03. The molecule has 0 heterocycles. The molecular weight excluding hydrogens is 149 g/mol. The van der Waals surface area contributed by atoms with Gasteiger partial charge in [-0.2, -0.15) is 12.6 Å². The molecular formula is C7H8FNS. The van der Waals surface area contributed by atoms with E-state index in [0.29, 0.717) is 5.56 Å². The quantitative estimate of drug-likeness (QED) is 0.471. The van der Waals surface area contributed by atoms with E-state index in [9.17, 15) is 4.39 Å². The molecule has 0 fully saturated rings. The zero-order chi connectivity index (χ0) is 7.56. The van der Waals surface area contributed by atoms with Gasteiger partial charge in [0.15, 0.2) is 0 Å². The van der Waals surface area contributed by atoms with E-state index in [1.165, 1.54) is 6.07 Å². The van der Waals surface area contributed by atoms with E-state index >= 15 is 0 Å². The van der Waals surface area contributed by atoms with Gasteiger partial charge < -0.3 is 5.73 Å². The van der Waals surface area contributed by atoms with Crippen LogP contribution in [0.1, 0.15) is 10.9 Å². The molecule has 1 aromatic rings. The summed E-state index contributed by atoms with van der Waals surface area (Å²) in [6.07, 6.45) is 0. The van der Waals surface area contributed by atoms with Crippen molar-refractivity contribution in [2.45, 2.75) is 5.37 Å². The summed E-state index contributed by atoms with van der Waals surface area (Å²) < 4.78 is 12.7. The lowest BCUT2D eigenvalue weighted by Crippen LogP contribution is -2.04. The van der Waals surface area contributed by atoms with Crippen molar-refractivity contribution in [3.8, 4) is 0 Å². The summed E-state index contributed by atoms with van der Waals surface area (Å²) in [5.74, 6) is -0.301. The van der Waals surface area contributed by atoms with Crippen molar-refractivity contribution in [1.82, 2.24) is 0 Å². The third-order valence-electron chi connectivity index (χ3n) is 1.22. The Morgan fingerprint density at radius 3 is 2.40 bits per heavy atom. The van der Waals surface area contributed by atoms with Gasteiger partial charge in [0.25, 0.3) is 0 Å². The molecule has 1 unspecified atom stereocenters. The monoisotopic (exact) mass is 157 g/mol. The van der Waals surface area contributed by atoms with Crippen LogP contribution in [0, 0.1) is 5.82 Å². The van der Waals surface area contributed by atoms with Crippen molar-refractivity contribution in [2.75, 3.05) is 0 Å². The van der Waals surface area contributed by atoms with Crippen LogP contribution < -0.4 is 5.73 Å². The maximum absolute atomic E-state index is 12.7. The number of nitrogens with two attached hydrogens (primary N) is 1. The Kier molecular flexibility index (Phi) is 2.29. The maximum Gasteiger partial charge on any atom is 0.128 e. The summed E-state index contributed by atoms with van der Waals surface area (Å²) in [5, 5.41) is -0.527. The lowest BCUT2D eigenvalue weighted by atomic mass is 10.2. The molecule has 0 aliphatic carbocycles. The number of rotatable bonds is 1. The Bertz CT molecular complexity index is 225. The first-order chi connectivity index (χ1) is 4.72. The van der Waals surface area contributed by atoms with Gasteiger partial charge in [0.05, 0.1) is 5.37 Å². The molecule has 1 rings (SSSR count). The van der Waals surface area contributed by atoms with Gasteiger partial charge in [-0.15, -0.1) is 0 Å². The summed E-state index contributed by atoms with van der Waals surface area (Å²) in [6.45, 7) is 0. The molecule has 1 nitrogen and oxygen atoms in total. The number of thiol groups is 1. The highest BCUT2D eigenvalue weighted by Crippen LogP contribution is 2.16. The van der Waals surface area contributed by atoms with E-state index in [1.54, 1.807) is 18.2 Å². The normalized spacial score (nSPS) is 13.1. The standard InChI is InChI=1S/C7H8FNS/c8-6-4-2-1-3-5(6)7(9)10/h1-4,7,10H,9H2. The zero-order valence-corrected chi connectivity index (χ0v) is 6.18. The van der Waals surface area contributed by atoms with E-state index in [1.807, 2.05) is 0 Å². The van der Waals surface area contributed by atoms with Crippen molar-refractivity contribution >= 4 is 12.6 Å². The van der Waals surface area contributed by atoms with Crippen LogP contribution >= 0.6 is 12.6 Å². The lowest BCUT2D eigenvalue weighted by molar-refractivity contribution is 0.609. The van der Waals surface area contributed by atoms with Crippen LogP contribution in [0.25, 0.3) is 0 Å². The van der Waals surface area contributed by atoms with Gasteiger partial charge in [0.1, 0.15) is 5.82 Å². The molecule has 0 amide bonds. The van der Waals surface area contributed by atoms with Crippen LogP contribution in [0.15, 0.2) is 24.3 Å². The Labute approximate surface area is 64.5 Å². The van der Waals surface area contributed by atoms with Gasteiger partial charge in [-0.05, 0) is 6.07 Å². The number of halogens is 1. The molecule has 0 radical (unpaired) electrons. The summed E-state index contributed by atoms with van der Waals surface area (Å²) in [7, 11) is 0. The molecule has 0 spiro atoms. The van der Waals surface area contributed by atoms with Crippen LogP contribution in [0.3, 0.4) is 0 Å². The van der Waals surface area contributed by atoms with E-state index in [2.05, 4.69) is 12.6 Å². The summed E-state index contributed by atoms with van der Waals surface area (Å²) in [5.41, 5.74) is 5.77. The van der Waals surface area contributed by atoms with E-state index in [0.717, 1.165) is 0 Å². The van der Waals surface area contributed by atoms with Gasteiger partial charge in [-0.25, -0.2) is 4.39 Å². The second-order valence-corrected chi connectivity index (χ2v) is 2.52. The fourth-order valence-corrected chi connectivity index (χ4v) is 0.924. The van der Waals surface area contributed by atoms with Crippen molar-refractivity contribution in [2.24, 2.45) is 5.73 Å². The summed E-state index contributed by atoms with van der Waals surface area (Å²) in [4.78, 5) is 0. The second-order valence-electron chi connectivity index (χ2n) is 1.97. The van der Waals surface area contributed by atoms with Crippen molar-refractivity contribution in [3.05, 3.63) is 35.6 Å². The highest BCUT2D eigenvalue weighted by molar-refractivity contribution is 7.80. The molecule has 0 aromatic heterocycles. The molecule has 0 bridgehead atoms. The topological polar surface area (TPSA) is 26.0 Å². The van der Waals surface area contributed by atoms with E-state index in [-0.39, 0.29) is 5.82 Å². The van der Waals surface area contributed by atoms with Crippen molar-refractivity contribution in [3.63, 3.8) is 0 Å². The molecule has 1 atom stereocenters. The Morgan fingerprint density at radius 2 is 2.00 bits per heavy atom. The first-order valence-electron chi connectivity index (χ1n) is 2.90. The molecule has 1 aromatic carbocycles. The zero-order valence-electron chi connectivity index (χ0n) is 5.29. The summed E-state index contributed by atoms with van der Waals surface area (Å²) in [6, 6.07) is 6.34. The molecule has 10 heavy (non-hydrogen) atoms. The fourth-order valence-electron chi connectivity index (χ4n) is 0.715. The van der Waals surface area contributed by atoms with E-state index < -0.39 is 5.37 Å². The first kappa shape index (κ1) is 7.57. The predicted octanol–water partition coefficient (Wildman–Crippen LogP) is 1.71. The minimum absolute atomic E-state index is 0.301. The van der Waals surface area contributed by atoms with E-state index in [4.69, 9.17) is 5.73 Å². The Hall–Kier alpha value is -0.540. The van der Waals surface area contributed by atoms with Crippen LogP contribution in [-0.4, -0.2) is 0 Å². The molecule has 0 saturated carbocycles. The smallest absolute Gasteiger partial charge is 0.128 e. The molecule has 54 valence electrons.